The Labute approximate surface area is 80.0 Å². The van der Waals surface area contributed by atoms with Gasteiger partial charge in [-0.1, -0.05) is 19.8 Å². The van der Waals surface area contributed by atoms with E-state index in [2.05, 4.69) is 13.0 Å². The Kier molecular flexibility index (Phi) is 4.00. The van der Waals surface area contributed by atoms with Crippen molar-refractivity contribution in [1.29, 1.82) is 0 Å². The van der Waals surface area contributed by atoms with E-state index in [0.29, 0.717) is 5.92 Å². The van der Waals surface area contributed by atoms with Crippen molar-refractivity contribution in [3.63, 3.8) is 0 Å². The second-order valence-corrected chi connectivity index (χ2v) is 3.80. The minimum Gasteiger partial charge on any atom is -0.432 e. The fourth-order valence-electron chi connectivity index (χ4n) is 1.70. The molecule has 0 fully saturated rings. The minimum absolute atomic E-state index is 0.195. The normalized spacial score (nSPS) is 24.2. The maximum Gasteiger partial charge on any atom is 0.307 e. The van der Waals surface area contributed by atoms with Crippen molar-refractivity contribution < 1.29 is 9.53 Å². The molecule has 0 aliphatic heterocycles. The van der Waals surface area contributed by atoms with Crippen LogP contribution in [0.15, 0.2) is 11.8 Å². The fourth-order valence-corrected chi connectivity index (χ4v) is 1.70. The van der Waals surface area contributed by atoms with Gasteiger partial charge in [0, 0.05) is 13.3 Å². The monoisotopic (exact) mass is 182 g/mol. The van der Waals surface area contributed by atoms with Gasteiger partial charge in [0.05, 0.1) is 0 Å². The second-order valence-electron chi connectivity index (χ2n) is 3.80. The maximum absolute atomic E-state index is 10.8. The van der Waals surface area contributed by atoms with Gasteiger partial charge < -0.3 is 4.74 Å². The first-order chi connectivity index (χ1) is 6.18. The zero-order chi connectivity index (χ0) is 9.68. The van der Waals surface area contributed by atoms with Gasteiger partial charge >= 0.3 is 5.97 Å². The highest BCUT2D eigenvalue weighted by Gasteiger charge is 2.09. The van der Waals surface area contributed by atoms with Crippen molar-refractivity contribution in [3.8, 4) is 0 Å². The molecule has 1 aliphatic carbocycles. The summed E-state index contributed by atoms with van der Waals surface area (Å²) in [6, 6.07) is 0. The van der Waals surface area contributed by atoms with Crippen LogP contribution in [-0.2, 0) is 9.53 Å². The van der Waals surface area contributed by atoms with Gasteiger partial charge in [-0.15, -0.1) is 0 Å². The first-order valence-corrected chi connectivity index (χ1v) is 5.07. The van der Waals surface area contributed by atoms with E-state index in [1.54, 1.807) is 0 Å². The molecule has 0 saturated carbocycles. The third kappa shape index (κ3) is 4.11. The molecular weight excluding hydrogens is 164 g/mol. The van der Waals surface area contributed by atoms with E-state index in [-0.39, 0.29) is 5.97 Å². The lowest BCUT2D eigenvalue weighted by molar-refractivity contribution is -0.137. The van der Waals surface area contributed by atoms with Crippen LogP contribution < -0.4 is 0 Å². The molecule has 1 unspecified atom stereocenters. The van der Waals surface area contributed by atoms with Gasteiger partial charge in [0.25, 0.3) is 0 Å². The third-order valence-electron chi connectivity index (χ3n) is 2.33. The molecule has 0 N–H and O–H groups in total. The molecule has 0 bridgehead atoms. The molecule has 74 valence electrons. The highest BCUT2D eigenvalue weighted by molar-refractivity contribution is 5.67. The molecule has 2 heteroatoms. The summed E-state index contributed by atoms with van der Waals surface area (Å²) in [6.07, 6.45) is 7.93. The van der Waals surface area contributed by atoms with Crippen LogP contribution in [0.3, 0.4) is 0 Å². The molecule has 13 heavy (non-hydrogen) atoms. The van der Waals surface area contributed by atoms with E-state index in [1.807, 2.05) is 0 Å². The Morgan fingerprint density at radius 2 is 2.23 bits per heavy atom. The quantitative estimate of drug-likeness (QED) is 0.583. The van der Waals surface area contributed by atoms with E-state index in [0.717, 1.165) is 18.6 Å². The highest BCUT2D eigenvalue weighted by atomic mass is 16.5. The van der Waals surface area contributed by atoms with Crippen molar-refractivity contribution >= 4 is 5.97 Å². The number of hydrogen-bond donors (Lipinski definition) is 0. The smallest absolute Gasteiger partial charge is 0.307 e. The van der Waals surface area contributed by atoms with Crippen LogP contribution in [0.4, 0.5) is 0 Å². The fraction of sp³-hybridized carbons (Fsp3) is 0.727. The summed E-state index contributed by atoms with van der Waals surface area (Å²) in [5.41, 5.74) is 0. The van der Waals surface area contributed by atoms with E-state index in [1.165, 1.54) is 26.2 Å². The van der Waals surface area contributed by atoms with Crippen LogP contribution >= 0.6 is 0 Å². The minimum atomic E-state index is -0.195. The summed E-state index contributed by atoms with van der Waals surface area (Å²) in [5, 5.41) is 0. The molecule has 0 heterocycles. The van der Waals surface area contributed by atoms with Crippen molar-refractivity contribution in [2.45, 2.75) is 46.0 Å². The Balaban J connectivity index is 2.55. The average Bonchev–Trinajstić information content (AvgIpc) is 1.98. The summed E-state index contributed by atoms with van der Waals surface area (Å²) in [4.78, 5) is 10.8. The van der Waals surface area contributed by atoms with E-state index in [4.69, 9.17) is 4.74 Å². The molecule has 0 aromatic carbocycles. The van der Waals surface area contributed by atoms with Gasteiger partial charge in [0.15, 0.2) is 0 Å². The second kappa shape index (κ2) is 5.05. The molecule has 0 amide bonds. The van der Waals surface area contributed by atoms with Gasteiger partial charge in [0.1, 0.15) is 5.76 Å². The summed E-state index contributed by atoms with van der Waals surface area (Å²) in [6.45, 7) is 3.64. The molecule has 1 aliphatic rings. The first kappa shape index (κ1) is 10.3. The summed E-state index contributed by atoms with van der Waals surface area (Å²) >= 11 is 0. The standard InChI is InChI=1S/C11H18O2/c1-9-6-4-3-5-7-11(8-9)13-10(2)12/h8-9H,3-7H2,1-2H3. The lowest BCUT2D eigenvalue weighted by Gasteiger charge is -2.14. The number of ether oxygens (including phenoxy) is 1. The molecule has 0 saturated heterocycles. The zero-order valence-electron chi connectivity index (χ0n) is 8.51. The summed E-state index contributed by atoms with van der Waals surface area (Å²) in [7, 11) is 0. The SMILES string of the molecule is CC(=O)OC1=CC(C)CCCCC1. The van der Waals surface area contributed by atoms with Gasteiger partial charge in [0.2, 0.25) is 0 Å². The zero-order valence-corrected chi connectivity index (χ0v) is 8.51. The predicted octanol–water partition coefficient (Wildman–Crippen LogP) is 3.03. The number of allylic oxidation sites excluding steroid dienone is 2. The van der Waals surface area contributed by atoms with Crippen molar-refractivity contribution in [1.82, 2.24) is 0 Å². The molecule has 1 rings (SSSR count). The molecule has 0 radical (unpaired) electrons. The number of carbonyl (C=O) groups excluding carboxylic acids is 1. The molecule has 0 aromatic rings. The Bertz CT molecular complexity index is 206. The van der Waals surface area contributed by atoms with Crippen LogP contribution in [0, 0.1) is 5.92 Å². The molecular formula is C11H18O2. The van der Waals surface area contributed by atoms with Crippen LogP contribution in [0.5, 0.6) is 0 Å². The lowest BCUT2D eigenvalue weighted by Crippen LogP contribution is -2.04. The van der Waals surface area contributed by atoms with Gasteiger partial charge in [-0.25, -0.2) is 0 Å². The van der Waals surface area contributed by atoms with Crippen LogP contribution in [0.25, 0.3) is 0 Å². The van der Waals surface area contributed by atoms with Crippen molar-refractivity contribution in [3.05, 3.63) is 11.8 Å². The van der Waals surface area contributed by atoms with Crippen molar-refractivity contribution in [2.24, 2.45) is 5.92 Å². The van der Waals surface area contributed by atoms with Gasteiger partial charge in [-0.05, 0) is 24.8 Å². The Morgan fingerprint density at radius 3 is 2.92 bits per heavy atom. The van der Waals surface area contributed by atoms with Gasteiger partial charge in [-0.3, -0.25) is 4.79 Å². The highest BCUT2D eigenvalue weighted by Crippen LogP contribution is 2.21. The number of hydrogen-bond acceptors (Lipinski definition) is 2. The molecule has 0 spiro atoms. The number of carbonyl (C=O) groups is 1. The summed E-state index contributed by atoms with van der Waals surface area (Å²) in [5.74, 6) is 1.23. The largest absolute Gasteiger partial charge is 0.432 e. The van der Waals surface area contributed by atoms with E-state index >= 15 is 0 Å². The van der Waals surface area contributed by atoms with Crippen LogP contribution in [0.2, 0.25) is 0 Å². The Hall–Kier alpha value is -0.790. The van der Waals surface area contributed by atoms with Crippen LogP contribution in [0.1, 0.15) is 46.0 Å². The number of esters is 1. The van der Waals surface area contributed by atoms with Crippen molar-refractivity contribution in [2.75, 3.05) is 0 Å². The van der Waals surface area contributed by atoms with E-state index < -0.39 is 0 Å². The molecule has 1 atom stereocenters. The molecule has 2 nitrogen and oxygen atoms in total. The van der Waals surface area contributed by atoms with E-state index in [9.17, 15) is 4.79 Å². The predicted molar refractivity (Wildman–Crippen MR) is 52.1 cm³/mol. The molecule has 0 aromatic heterocycles. The third-order valence-corrected chi connectivity index (χ3v) is 2.33. The topological polar surface area (TPSA) is 26.3 Å². The summed E-state index contributed by atoms with van der Waals surface area (Å²) < 4.78 is 5.12. The van der Waals surface area contributed by atoms with Crippen LogP contribution in [-0.4, -0.2) is 5.97 Å². The Morgan fingerprint density at radius 1 is 1.46 bits per heavy atom. The lowest BCUT2D eigenvalue weighted by atomic mass is 9.97. The maximum atomic E-state index is 10.8. The van der Waals surface area contributed by atoms with Gasteiger partial charge in [-0.2, -0.15) is 0 Å². The number of rotatable bonds is 1. The average molecular weight is 182 g/mol. The first-order valence-electron chi connectivity index (χ1n) is 5.07.